The van der Waals surface area contributed by atoms with Crippen molar-refractivity contribution in [1.82, 2.24) is 5.32 Å². The standard InChI is InChI=1S/C14H21Cl2NO/c1-5-18-14-8-11(15)10(7-12(14)16)13(17-4)6-9(2)3/h7-9,13,17H,5-6H2,1-4H3. The molecule has 0 bridgehead atoms. The number of benzene rings is 1. The average molecular weight is 290 g/mol. The average Bonchev–Trinajstić information content (AvgIpc) is 2.30. The molecule has 1 rings (SSSR count). The minimum absolute atomic E-state index is 0.214. The summed E-state index contributed by atoms with van der Waals surface area (Å²) < 4.78 is 5.43. The van der Waals surface area contributed by atoms with Crippen molar-refractivity contribution in [2.45, 2.75) is 33.2 Å². The van der Waals surface area contributed by atoms with Crippen molar-refractivity contribution >= 4 is 23.2 Å². The third kappa shape index (κ3) is 4.04. The summed E-state index contributed by atoms with van der Waals surface area (Å²) in [5.74, 6) is 1.23. The van der Waals surface area contributed by atoms with E-state index in [1.807, 2.05) is 20.0 Å². The van der Waals surface area contributed by atoms with Crippen LogP contribution in [0.15, 0.2) is 12.1 Å². The summed E-state index contributed by atoms with van der Waals surface area (Å²) in [7, 11) is 1.94. The van der Waals surface area contributed by atoms with E-state index < -0.39 is 0 Å². The Kier molecular flexibility index (Phi) is 6.27. The first kappa shape index (κ1) is 15.6. The molecular formula is C14H21Cl2NO. The summed E-state index contributed by atoms with van der Waals surface area (Å²) in [6.07, 6.45) is 1.01. The third-order valence-corrected chi connectivity index (χ3v) is 3.40. The predicted molar refractivity (Wildman–Crippen MR) is 78.9 cm³/mol. The van der Waals surface area contributed by atoms with Crippen molar-refractivity contribution in [2.75, 3.05) is 13.7 Å². The zero-order valence-corrected chi connectivity index (χ0v) is 12.9. The van der Waals surface area contributed by atoms with E-state index in [-0.39, 0.29) is 6.04 Å². The second kappa shape index (κ2) is 7.22. The molecule has 1 N–H and O–H groups in total. The Hall–Kier alpha value is -0.440. The summed E-state index contributed by atoms with van der Waals surface area (Å²) >= 11 is 12.5. The largest absolute Gasteiger partial charge is 0.492 e. The van der Waals surface area contributed by atoms with Crippen LogP contribution in [0.1, 0.15) is 38.8 Å². The van der Waals surface area contributed by atoms with E-state index in [0.29, 0.717) is 28.3 Å². The molecule has 0 saturated heterocycles. The summed E-state index contributed by atoms with van der Waals surface area (Å²) in [4.78, 5) is 0. The lowest BCUT2D eigenvalue weighted by atomic mass is 9.97. The third-order valence-electron chi connectivity index (χ3n) is 2.78. The van der Waals surface area contributed by atoms with E-state index in [2.05, 4.69) is 19.2 Å². The van der Waals surface area contributed by atoms with Gasteiger partial charge >= 0.3 is 0 Å². The van der Waals surface area contributed by atoms with Crippen molar-refractivity contribution in [3.8, 4) is 5.75 Å². The summed E-state index contributed by atoms with van der Waals surface area (Å²) in [6, 6.07) is 3.91. The molecule has 0 radical (unpaired) electrons. The maximum absolute atomic E-state index is 6.32. The molecule has 0 fully saturated rings. The number of hydrogen-bond donors (Lipinski definition) is 1. The van der Waals surface area contributed by atoms with Gasteiger partial charge in [0.2, 0.25) is 0 Å². The van der Waals surface area contributed by atoms with Gasteiger partial charge in [-0.15, -0.1) is 0 Å². The van der Waals surface area contributed by atoms with Crippen LogP contribution < -0.4 is 10.1 Å². The lowest BCUT2D eigenvalue weighted by molar-refractivity contribution is 0.340. The topological polar surface area (TPSA) is 21.3 Å². The minimum atomic E-state index is 0.214. The Labute approximate surface area is 120 Å². The van der Waals surface area contributed by atoms with E-state index >= 15 is 0 Å². The van der Waals surface area contributed by atoms with Crippen LogP contribution in [-0.4, -0.2) is 13.7 Å². The van der Waals surface area contributed by atoms with Crippen LogP contribution in [0.3, 0.4) is 0 Å². The van der Waals surface area contributed by atoms with Crippen LogP contribution in [0.4, 0.5) is 0 Å². The molecule has 0 aliphatic rings. The van der Waals surface area contributed by atoms with E-state index in [1.54, 1.807) is 6.07 Å². The summed E-state index contributed by atoms with van der Waals surface area (Å²) in [5, 5.41) is 4.59. The molecule has 0 aliphatic heterocycles. The highest BCUT2D eigenvalue weighted by Crippen LogP contribution is 2.35. The molecule has 0 aliphatic carbocycles. The van der Waals surface area contributed by atoms with Gasteiger partial charge in [0.05, 0.1) is 11.6 Å². The number of nitrogens with one attached hydrogen (secondary N) is 1. The lowest BCUT2D eigenvalue weighted by Crippen LogP contribution is -2.18. The van der Waals surface area contributed by atoms with Gasteiger partial charge < -0.3 is 10.1 Å². The summed E-state index contributed by atoms with van der Waals surface area (Å²) in [6.45, 7) is 6.88. The lowest BCUT2D eigenvalue weighted by Gasteiger charge is -2.21. The first-order valence-electron chi connectivity index (χ1n) is 6.28. The second-order valence-electron chi connectivity index (χ2n) is 4.71. The smallest absolute Gasteiger partial charge is 0.139 e. The Morgan fingerprint density at radius 1 is 1.22 bits per heavy atom. The van der Waals surface area contributed by atoms with Gasteiger partial charge in [-0.05, 0) is 37.9 Å². The van der Waals surface area contributed by atoms with Gasteiger partial charge in [0, 0.05) is 17.1 Å². The van der Waals surface area contributed by atoms with E-state index in [9.17, 15) is 0 Å². The summed E-state index contributed by atoms with van der Waals surface area (Å²) in [5.41, 5.74) is 1.03. The zero-order chi connectivity index (χ0) is 13.7. The van der Waals surface area contributed by atoms with Crippen LogP contribution in [0.25, 0.3) is 0 Å². The highest BCUT2D eigenvalue weighted by Gasteiger charge is 2.17. The molecule has 0 saturated carbocycles. The molecule has 0 aromatic heterocycles. The van der Waals surface area contributed by atoms with Crippen molar-refractivity contribution in [1.29, 1.82) is 0 Å². The quantitative estimate of drug-likeness (QED) is 0.820. The Balaban J connectivity index is 3.04. The van der Waals surface area contributed by atoms with E-state index in [0.717, 1.165) is 12.0 Å². The van der Waals surface area contributed by atoms with Crippen LogP contribution in [-0.2, 0) is 0 Å². The van der Waals surface area contributed by atoms with Gasteiger partial charge in [0.1, 0.15) is 5.75 Å². The molecule has 0 heterocycles. The second-order valence-corrected chi connectivity index (χ2v) is 5.52. The molecule has 1 atom stereocenters. The van der Waals surface area contributed by atoms with Crippen LogP contribution in [0.2, 0.25) is 10.0 Å². The van der Waals surface area contributed by atoms with Crippen LogP contribution in [0.5, 0.6) is 5.75 Å². The monoisotopic (exact) mass is 289 g/mol. The van der Waals surface area contributed by atoms with Gasteiger partial charge in [-0.1, -0.05) is 37.0 Å². The fraction of sp³-hybridized carbons (Fsp3) is 0.571. The van der Waals surface area contributed by atoms with Gasteiger partial charge in [-0.25, -0.2) is 0 Å². The van der Waals surface area contributed by atoms with Gasteiger partial charge in [-0.2, -0.15) is 0 Å². The van der Waals surface area contributed by atoms with E-state index in [4.69, 9.17) is 27.9 Å². The van der Waals surface area contributed by atoms with Gasteiger partial charge in [0.25, 0.3) is 0 Å². The molecule has 0 spiro atoms. The zero-order valence-electron chi connectivity index (χ0n) is 11.4. The van der Waals surface area contributed by atoms with E-state index in [1.165, 1.54) is 0 Å². The number of ether oxygens (including phenoxy) is 1. The molecule has 1 unspecified atom stereocenters. The maximum atomic E-state index is 6.32. The molecule has 18 heavy (non-hydrogen) atoms. The molecule has 2 nitrogen and oxygen atoms in total. The van der Waals surface area contributed by atoms with Crippen LogP contribution in [0, 0.1) is 5.92 Å². The van der Waals surface area contributed by atoms with Crippen molar-refractivity contribution in [3.63, 3.8) is 0 Å². The highest BCUT2D eigenvalue weighted by molar-refractivity contribution is 6.34. The first-order chi connectivity index (χ1) is 8.49. The van der Waals surface area contributed by atoms with Gasteiger partial charge in [-0.3, -0.25) is 0 Å². The van der Waals surface area contributed by atoms with Crippen molar-refractivity contribution < 1.29 is 4.74 Å². The fourth-order valence-corrected chi connectivity index (χ4v) is 2.46. The number of hydrogen-bond acceptors (Lipinski definition) is 2. The fourth-order valence-electron chi connectivity index (χ4n) is 1.95. The molecule has 4 heteroatoms. The highest BCUT2D eigenvalue weighted by atomic mass is 35.5. The Morgan fingerprint density at radius 2 is 1.89 bits per heavy atom. The SMILES string of the molecule is CCOc1cc(Cl)c(C(CC(C)C)NC)cc1Cl. The molecule has 0 amide bonds. The minimum Gasteiger partial charge on any atom is -0.492 e. The number of halogens is 2. The maximum Gasteiger partial charge on any atom is 0.139 e. The number of rotatable bonds is 6. The molecular weight excluding hydrogens is 269 g/mol. The normalized spacial score (nSPS) is 12.8. The van der Waals surface area contributed by atoms with Crippen molar-refractivity contribution in [2.24, 2.45) is 5.92 Å². The molecule has 102 valence electrons. The first-order valence-corrected chi connectivity index (χ1v) is 7.04. The Bertz CT molecular complexity index is 394. The molecule has 1 aromatic carbocycles. The van der Waals surface area contributed by atoms with Gasteiger partial charge in [0.15, 0.2) is 0 Å². The molecule has 1 aromatic rings. The van der Waals surface area contributed by atoms with Crippen molar-refractivity contribution in [3.05, 3.63) is 27.7 Å². The Morgan fingerprint density at radius 3 is 2.39 bits per heavy atom. The van der Waals surface area contributed by atoms with Crippen LogP contribution >= 0.6 is 23.2 Å². The predicted octanol–water partition coefficient (Wildman–Crippen LogP) is 4.70.